The lowest BCUT2D eigenvalue weighted by molar-refractivity contribution is 0.122. The number of nitrogens with one attached hydrogen (secondary N) is 1. The number of aromatic nitrogens is 9. The van der Waals surface area contributed by atoms with E-state index >= 15 is 0 Å². The fourth-order valence-electron chi connectivity index (χ4n) is 5.31. The normalized spacial score (nSPS) is 14.6. The van der Waals surface area contributed by atoms with E-state index in [1.165, 1.54) is 0 Å². The molecule has 2 aliphatic rings. The fourth-order valence-corrected chi connectivity index (χ4v) is 5.49. The van der Waals surface area contributed by atoms with Crippen LogP contribution in [0.1, 0.15) is 0 Å². The van der Waals surface area contributed by atoms with Crippen LogP contribution in [0.3, 0.4) is 0 Å². The van der Waals surface area contributed by atoms with Crippen LogP contribution in [0.2, 0.25) is 5.28 Å². The molecule has 254 valence electrons. The van der Waals surface area contributed by atoms with Crippen molar-refractivity contribution in [2.75, 3.05) is 79.2 Å². The van der Waals surface area contributed by atoms with Crippen LogP contribution in [0.15, 0.2) is 73.4 Å². The Labute approximate surface area is 292 Å². The van der Waals surface area contributed by atoms with Crippen molar-refractivity contribution in [1.29, 1.82) is 0 Å². The van der Waals surface area contributed by atoms with Crippen molar-refractivity contribution in [1.82, 2.24) is 44.9 Å². The van der Waals surface area contributed by atoms with E-state index in [1.807, 2.05) is 42.5 Å². The molecule has 5 aromatic heterocycles. The lowest BCUT2D eigenvalue weighted by Crippen LogP contribution is -2.36. The van der Waals surface area contributed by atoms with Gasteiger partial charge >= 0.3 is 0 Å². The van der Waals surface area contributed by atoms with Gasteiger partial charge in [-0.3, -0.25) is 4.98 Å². The molecule has 8 rings (SSSR count). The molecular weight excluding hydrogens is 660 g/mol. The van der Waals surface area contributed by atoms with E-state index in [0.29, 0.717) is 43.8 Å². The molecule has 0 unspecified atom stereocenters. The zero-order valence-electron chi connectivity index (χ0n) is 26.9. The number of halogens is 1. The van der Waals surface area contributed by atoms with E-state index in [1.54, 1.807) is 31.0 Å². The van der Waals surface area contributed by atoms with Crippen molar-refractivity contribution in [3.63, 3.8) is 0 Å². The Morgan fingerprint density at radius 2 is 1.16 bits per heavy atom. The highest BCUT2D eigenvalue weighted by molar-refractivity contribution is 6.28. The Kier molecular flexibility index (Phi) is 9.91. The summed E-state index contributed by atoms with van der Waals surface area (Å²) in [6.45, 7) is 5.81. The molecule has 0 radical (unpaired) electrons. The van der Waals surface area contributed by atoms with Gasteiger partial charge in [-0.05, 0) is 23.7 Å². The van der Waals surface area contributed by atoms with Crippen molar-refractivity contribution in [3.8, 4) is 22.5 Å². The number of pyridine rings is 1. The maximum absolute atomic E-state index is 6.00. The summed E-state index contributed by atoms with van der Waals surface area (Å²) >= 11 is 6.00. The second-order valence-corrected chi connectivity index (χ2v) is 11.6. The van der Waals surface area contributed by atoms with Crippen molar-refractivity contribution in [3.05, 3.63) is 78.7 Å². The summed E-state index contributed by atoms with van der Waals surface area (Å²) in [6, 6.07) is 13.8. The van der Waals surface area contributed by atoms with Gasteiger partial charge in [0.1, 0.15) is 11.6 Å². The van der Waals surface area contributed by atoms with Gasteiger partial charge in [0.2, 0.25) is 23.1 Å². The highest BCUT2D eigenvalue weighted by atomic mass is 35.5. The summed E-state index contributed by atoms with van der Waals surface area (Å²) in [5.41, 5.74) is 15.8. The number of hydrogen-bond acceptors (Lipinski definition) is 16. The van der Waals surface area contributed by atoms with Crippen LogP contribution in [0.4, 0.5) is 35.2 Å². The van der Waals surface area contributed by atoms with Crippen LogP contribution < -0.4 is 26.6 Å². The Hall–Kier alpha value is -5.84. The Balaban J connectivity index is 0.000000170. The van der Waals surface area contributed by atoms with Gasteiger partial charge in [-0.1, -0.05) is 18.2 Å². The third-order valence-electron chi connectivity index (χ3n) is 7.85. The number of hydrogen-bond donors (Lipinski definition) is 3. The van der Waals surface area contributed by atoms with Gasteiger partial charge in [0.15, 0.2) is 0 Å². The van der Waals surface area contributed by atoms with Crippen LogP contribution in [-0.2, 0) is 9.47 Å². The summed E-state index contributed by atoms with van der Waals surface area (Å²) < 4.78 is 10.8. The molecular formula is C33H33ClN14O2. The molecule has 2 fully saturated rings. The number of ether oxygens (including phenoxy) is 2. The Morgan fingerprint density at radius 1 is 0.620 bits per heavy atom. The number of morpholine rings is 2. The maximum Gasteiger partial charge on any atom is 0.229 e. The fraction of sp³-hybridized carbons (Fsp3) is 0.242. The average Bonchev–Trinajstić information content (AvgIpc) is 3.16. The highest BCUT2D eigenvalue weighted by Gasteiger charge is 2.17. The van der Waals surface area contributed by atoms with Crippen molar-refractivity contribution in [2.24, 2.45) is 0 Å². The molecule has 0 aliphatic carbocycles. The summed E-state index contributed by atoms with van der Waals surface area (Å²) in [6.07, 6.45) is 8.33. The molecule has 1 aromatic carbocycles. The van der Waals surface area contributed by atoms with Gasteiger partial charge in [-0.2, -0.15) is 4.98 Å². The quantitative estimate of drug-likeness (QED) is 0.213. The molecule has 0 spiro atoms. The average molecular weight is 693 g/mol. The van der Waals surface area contributed by atoms with Gasteiger partial charge in [-0.15, -0.1) is 0 Å². The van der Waals surface area contributed by atoms with E-state index in [0.717, 1.165) is 65.5 Å². The first-order valence-corrected chi connectivity index (χ1v) is 16.2. The second-order valence-electron chi connectivity index (χ2n) is 11.2. The number of para-hydroxylation sites is 1. The molecule has 5 N–H and O–H groups in total. The number of rotatable bonds is 6. The van der Waals surface area contributed by atoms with Crippen LogP contribution >= 0.6 is 11.6 Å². The minimum absolute atomic E-state index is 0.195. The number of anilines is 6. The topological polar surface area (TPSA) is 205 Å². The molecule has 2 saturated heterocycles. The standard InChI is InChI=1S/C21H20N8O.C12H13ClN6O/c22-20-24-11-15(12-25-20)18-10-19(29-5-7-30-8-6-29)28-21(27-18)26-16-9-14-3-1-2-4-17(14)23-13-16;13-11-17-9(8-6-15-12(14)16-7-8)5-10(18-11)19-1-3-20-4-2-19/h1-4,9-13H,5-8H2,(H2,22,24,25)(H,26,27,28);5-7H,1-4H2,(H2,14,15,16). The predicted molar refractivity (Wildman–Crippen MR) is 191 cm³/mol. The first-order chi connectivity index (χ1) is 24.5. The van der Waals surface area contributed by atoms with Crippen LogP contribution in [0.5, 0.6) is 0 Å². The van der Waals surface area contributed by atoms with Crippen LogP contribution in [0.25, 0.3) is 33.4 Å². The Bertz CT molecular complexity index is 2060. The molecule has 17 heteroatoms. The summed E-state index contributed by atoms with van der Waals surface area (Å²) in [7, 11) is 0. The van der Waals surface area contributed by atoms with Crippen molar-refractivity contribution < 1.29 is 9.47 Å². The Morgan fingerprint density at radius 3 is 1.76 bits per heavy atom. The van der Waals surface area contributed by atoms with Gasteiger partial charge < -0.3 is 36.1 Å². The molecule has 0 saturated carbocycles. The minimum Gasteiger partial charge on any atom is -0.378 e. The number of benzene rings is 1. The summed E-state index contributed by atoms with van der Waals surface area (Å²) in [4.78, 5) is 42.7. The van der Waals surface area contributed by atoms with Crippen molar-refractivity contribution >= 4 is 57.7 Å². The summed E-state index contributed by atoms with van der Waals surface area (Å²) in [5.74, 6) is 2.52. The molecule has 0 amide bonds. The largest absolute Gasteiger partial charge is 0.378 e. The van der Waals surface area contributed by atoms with Gasteiger partial charge in [-0.25, -0.2) is 34.9 Å². The van der Waals surface area contributed by atoms with E-state index in [2.05, 4.69) is 55.0 Å². The third kappa shape index (κ3) is 8.06. The zero-order chi connectivity index (χ0) is 34.3. The maximum atomic E-state index is 6.00. The summed E-state index contributed by atoms with van der Waals surface area (Å²) in [5, 5.41) is 4.52. The SMILES string of the molecule is Nc1ncc(-c2cc(N3CCOCC3)nc(Cl)n2)cn1.Nc1ncc(-c2cc(N3CCOCC3)nc(Nc3cnc4ccccc4c3)n2)cn1. The molecule has 16 nitrogen and oxygen atoms in total. The smallest absolute Gasteiger partial charge is 0.229 e. The van der Waals surface area contributed by atoms with Gasteiger partial charge in [0.05, 0.1) is 55.2 Å². The molecule has 7 heterocycles. The van der Waals surface area contributed by atoms with E-state index in [4.69, 9.17) is 37.5 Å². The van der Waals surface area contributed by atoms with E-state index in [-0.39, 0.29) is 17.2 Å². The highest BCUT2D eigenvalue weighted by Crippen LogP contribution is 2.27. The first kappa shape index (κ1) is 32.7. The van der Waals surface area contributed by atoms with Crippen LogP contribution in [-0.4, -0.2) is 97.5 Å². The third-order valence-corrected chi connectivity index (χ3v) is 8.02. The molecule has 0 atom stereocenters. The molecule has 50 heavy (non-hydrogen) atoms. The first-order valence-electron chi connectivity index (χ1n) is 15.8. The molecule has 2 aliphatic heterocycles. The lowest BCUT2D eigenvalue weighted by Gasteiger charge is -2.28. The van der Waals surface area contributed by atoms with E-state index in [9.17, 15) is 0 Å². The van der Waals surface area contributed by atoms with Gasteiger partial charge in [0.25, 0.3) is 0 Å². The zero-order valence-corrected chi connectivity index (χ0v) is 27.6. The lowest BCUT2D eigenvalue weighted by atomic mass is 10.2. The number of nitrogens with zero attached hydrogens (tertiary/aromatic N) is 11. The van der Waals surface area contributed by atoms with Crippen molar-refractivity contribution in [2.45, 2.75) is 0 Å². The monoisotopic (exact) mass is 692 g/mol. The predicted octanol–water partition coefficient (Wildman–Crippen LogP) is 3.65. The number of nitrogens with two attached hydrogens (primary N) is 2. The van der Waals surface area contributed by atoms with E-state index < -0.39 is 0 Å². The number of fused-ring (bicyclic) bond motifs is 1. The van der Waals surface area contributed by atoms with Gasteiger partial charge in [0, 0.05) is 79.6 Å². The molecule has 0 bridgehead atoms. The second kappa shape index (κ2) is 15.1. The van der Waals surface area contributed by atoms with Crippen LogP contribution in [0, 0.1) is 0 Å². The minimum atomic E-state index is 0.195. The molecule has 6 aromatic rings. The number of nitrogen functional groups attached to an aromatic ring is 2.